The van der Waals surface area contributed by atoms with Gasteiger partial charge in [0.1, 0.15) is 12.4 Å². The molecular formula is C22H29NO4S. The van der Waals surface area contributed by atoms with Crippen molar-refractivity contribution >= 4 is 10.0 Å². The molecule has 5 nitrogen and oxygen atoms in total. The van der Waals surface area contributed by atoms with Crippen LogP contribution in [-0.4, -0.2) is 39.1 Å². The largest absolute Gasteiger partial charge is 0.491 e. The highest BCUT2D eigenvalue weighted by Gasteiger charge is 2.38. The van der Waals surface area contributed by atoms with Gasteiger partial charge in [-0.1, -0.05) is 38.1 Å². The van der Waals surface area contributed by atoms with Crippen LogP contribution in [0.1, 0.15) is 43.7 Å². The highest BCUT2D eigenvalue weighted by Crippen LogP contribution is 2.34. The van der Waals surface area contributed by atoms with E-state index in [1.165, 1.54) is 5.56 Å². The van der Waals surface area contributed by atoms with Crippen molar-refractivity contribution in [3.05, 3.63) is 59.7 Å². The molecule has 1 saturated carbocycles. The van der Waals surface area contributed by atoms with E-state index in [1.54, 1.807) is 35.7 Å². The molecule has 0 amide bonds. The Labute approximate surface area is 168 Å². The molecular weight excluding hydrogens is 374 g/mol. The molecule has 2 aromatic rings. The van der Waals surface area contributed by atoms with Crippen molar-refractivity contribution in [2.75, 3.05) is 20.3 Å². The Balaban J connectivity index is 1.75. The zero-order chi connectivity index (χ0) is 20.1. The summed E-state index contributed by atoms with van der Waals surface area (Å²) >= 11 is 0. The van der Waals surface area contributed by atoms with Gasteiger partial charge in [-0.25, -0.2) is 8.42 Å². The van der Waals surface area contributed by atoms with Gasteiger partial charge in [0.15, 0.2) is 0 Å². The first-order valence-corrected chi connectivity index (χ1v) is 11.2. The number of hydrogen-bond donors (Lipinski definition) is 0. The molecule has 2 aromatic carbocycles. The zero-order valence-electron chi connectivity index (χ0n) is 16.8. The smallest absolute Gasteiger partial charge is 0.243 e. The van der Waals surface area contributed by atoms with Crippen molar-refractivity contribution in [1.29, 1.82) is 0 Å². The van der Waals surface area contributed by atoms with Gasteiger partial charge in [0.05, 0.1) is 11.5 Å². The maximum atomic E-state index is 13.2. The topological polar surface area (TPSA) is 55.8 Å². The SMILES string of the molecule is COCCOc1ccc(S(=O)(=O)N(Cc2ccc(C(C)C)cc2)C2CC2)cc1. The third kappa shape index (κ3) is 5.13. The third-order valence-corrected chi connectivity index (χ3v) is 6.84. The van der Waals surface area contributed by atoms with Crippen LogP contribution < -0.4 is 4.74 Å². The molecule has 1 fully saturated rings. The number of hydrogen-bond acceptors (Lipinski definition) is 4. The van der Waals surface area contributed by atoms with E-state index in [9.17, 15) is 8.42 Å². The van der Waals surface area contributed by atoms with Gasteiger partial charge in [0.25, 0.3) is 0 Å². The van der Waals surface area contributed by atoms with Gasteiger partial charge in [0, 0.05) is 19.7 Å². The fourth-order valence-electron chi connectivity index (χ4n) is 3.05. The number of ether oxygens (including phenoxy) is 2. The fraction of sp³-hybridized carbons (Fsp3) is 0.455. The molecule has 0 aliphatic heterocycles. The Morgan fingerprint density at radius 2 is 1.64 bits per heavy atom. The summed E-state index contributed by atoms with van der Waals surface area (Å²) in [5.41, 5.74) is 2.27. The summed E-state index contributed by atoms with van der Waals surface area (Å²) in [6, 6.07) is 15.0. The minimum absolute atomic E-state index is 0.0902. The summed E-state index contributed by atoms with van der Waals surface area (Å²) in [5.74, 6) is 1.10. The quantitative estimate of drug-likeness (QED) is 0.558. The Bertz CT molecular complexity index is 856. The van der Waals surface area contributed by atoms with E-state index < -0.39 is 10.0 Å². The van der Waals surface area contributed by atoms with Crippen LogP contribution in [0.2, 0.25) is 0 Å². The second-order valence-electron chi connectivity index (χ2n) is 7.49. The van der Waals surface area contributed by atoms with Gasteiger partial charge in [-0.05, 0) is 54.2 Å². The lowest BCUT2D eigenvalue weighted by Crippen LogP contribution is -2.32. The monoisotopic (exact) mass is 403 g/mol. The molecule has 152 valence electrons. The van der Waals surface area contributed by atoms with Crippen LogP contribution in [0.15, 0.2) is 53.4 Å². The summed E-state index contributed by atoms with van der Waals surface area (Å²) < 4.78 is 38.6. The van der Waals surface area contributed by atoms with E-state index in [0.29, 0.717) is 36.3 Å². The van der Waals surface area contributed by atoms with Crippen molar-refractivity contribution < 1.29 is 17.9 Å². The molecule has 0 radical (unpaired) electrons. The number of rotatable bonds is 10. The van der Waals surface area contributed by atoms with Gasteiger partial charge in [0.2, 0.25) is 10.0 Å². The minimum atomic E-state index is -3.55. The predicted octanol–water partition coefficient (Wildman–Crippen LogP) is 4.19. The van der Waals surface area contributed by atoms with Crippen LogP contribution in [0.3, 0.4) is 0 Å². The Hall–Kier alpha value is -1.89. The summed E-state index contributed by atoms with van der Waals surface area (Å²) in [6.07, 6.45) is 1.84. The normalized spacial score (nSPS) is 14.6. The lowest BCUT2D eigenvalue weighted by Gasteiger charge is -2.22. The van der Waals surface area contributed by atoms with Gasteiger partial charge >= 0.3 is 0 Å². The molecule has 3 rings (SSSR count). The molecule has 0 N–H and O–H groups in total. The van der Waals surface area contributed by atoms with Crippen molar-refractivity contribution in [3.8, 4) is 5.75 Å². The van der Waals surface area contributed by atoms with E-state index in [-0.39, 0.29) is 6.04 Å². The average molecular weight is 404 g/mol. The molecule has 6 heteroatoms. The van der Waals surface area contributed by atoms with Crippen molar-refractivity contribution in [3.63, 3.8) is 0 Å². The first-order valence-electron chi connectivity index (χ1n) is 9.74. The molecule has 28 heavy (non-hydrogen) atoms. The highest BCUT2D eigenvalue weighted by molar-refractivity contribution is 7.89. The zero-order valence-corrected chi connectivity index (χ0v) is 17.6. The Kier molecular flexibility index (Phi) is 6.75. The van der Waals surface area contributed by atoms with Crippen LogP contribution in [0.5, 0.6) is 5.75 Å². The van der Waals surface area contributed by atoms with Crippen molar-refractivity contribution in [2.24, 2.45) is 0 Å². The maximum absolute atomic E-state index is 13.2. The van der Waals surface area contributed by atoms with Gasteiger partial charge < -0.3 is 9.47 Å². The lowest BCUT2D eigenvalue weighted by atomic mass is 10.0. The Morgan fingerprint density at radius 1 is 1.00 bits per heavy atom. The van der Waals surface area contributed by atoms with Crippen LogP contribution in [0.4, 0.5) is 0 Å². The van der Waals surface area contributed by atoms with E-state index in [4.69, 9.17) is 9.47 Å². The standard InChI is InChI=1S/C22H29NO4S/c1-17(2)19-6-4-18(5-7-19)16-23(20-8-9-20)28(24,25)22-12-10-21(11-13-22)27-15-14-26-3/h4-7,10-13,17,20H,8-9,14-16H2,1-3H3. The summed E-state index contributed by atoms with van der Waals surface area (Å²) in [5, 5.41) is 0. The molecule has 0 spiro atoms. The molecule has 0 atom stereocenters. The van der Waals surface area contributed by atoms with Gasteiger partial charge in [-0.3, -0.25) is 0 Å². The molecule has 0 heterocycles. The summed E-state index contributed by atoms with van der Waals surface area (Å²) in [4.78, 5) is 0.303. The molecule has 0 aromatic heterocycles. The molecule has 1 aliphatic rings. The highest BCUT2D eigenvalue weighted by atomic mass is 32.2. The fourth-order valence-corrected chi connectivity index (χ4v) is 4.72. The third-order valence-electron chi connectivity index (χ3n) is 4.93. The van der Waals surface area contributed by atoms with E-state index in [2.05, 4.69) is 26.0 Å². The first-order chi connectivity index (χ1) is 13.4. The average Bonchev–Trinajstić information content (AvgIpc) is 3.52. The number of methoxy groups -OCH3 is 1. The van der Waals surface area contributed by atoms with Crippen LogP contribution >= 0.6 is 0 Å². The number of sulfonamides is 1. The van der Waals surface area contributed by atoms with Crippen molar-refractivity contribution in [2.45, 2.75) is 50.1 Å². The van der Waals surface area contributed by atoms with Gasteiger partial charge in [-0.2, -0.15) is 4.31 Å². The summed E-state index contributed by atoms with van der Waals surface area (Å²) in [6.45, 7) is 5.63. The first kappa shape index (κ1) is 20.8. The molecule has 1 aliphatic carbocycles. The molecule has 0 saturated heterocycles. The lowest BCUT2D eigenvalue weighted by molar-refractivity contribution is 0.146. The molecule has 0 bridgehead atoms. The van der Waals surface area contributed by atoms with E-state index in [1.807, 2.05) is 12.1 Å². The second-order valence-corrected chi connectivity index (χ2v) is 9.38. The second kappa shape index (κ2) is 9.07. The molecule has 0 unspecified atom stereocenters. The number of nitrogens with zero attached hydrogens (tertiary/aromatic N) is 1. The number of benzene rings is 2. The van der Waals surface area contributed by atoms with Gasteiger partial charge in [-0.15, -0.1) is 0 Å². The predicted molar refractivity (Wildman–Crippen MR) is 110 cm³/mol. The maximum Gasteiger partial charge on any atom is 0.243 e. The van der Waals surface area contributed by atoms with Crippen LogP contribution in [0.25, 0.3) is 0 Å². The van der Waals surface area contributed by atoms with Crippen LogP contribution in [0, 0.1) is 0 Å². The van der Waals surface area contributed by atoms with Crippen LogP contribution in [-0.2, 0) is 21.3 Å². The summed E-state index contributed by atoms with van der Waals surface area (Å²) in [7, 11) is -1.94. The van der Waals surface area contributed by atoms with Crippen molar-refractivity contribution in [1.82, 2.24) is 4.31 Å². The Morgan fingerprint density at radius 3 is 2.18 bits per heavy atom. The van der Waals surface area contributed by atoms with E-state index in [0.717, 1.165) is 18.4 Å². The van der Waals surface area contributed by atoms with E-state index >= 15 is 0 Å². The minimum Gasteiger partial charge on any atom is -0.491 e.